The second-order valence-electron chi connectivity index (χ2n) is 7.70. The van der Waals surface area contributed by atoms with Crippen LogP contribution in [-0.2, 0) is 22.3 Å². The van der Waals surface area contributed by atoms with Gasteiger partial charge < -0.3 is 19.8 Å². The fraction of sp³-hybridized carbons (Fsp3) is 0.208. The Hall–Kier alpha value is -4.08. The van der Waals surface area contributed by atoms with Crippen LogP contribution >= 0.6 is 0 Å². The molecule has 10 heteroatoms. The fourth-order valence-corrected chi connectivity index (χ4v) is 3.94. The van der Waals surface area contributed by atoms with E-state index in [4.69, 9.17) is 15.2 Å². The number of alkyl halides is 3. The maximum Gasteiger partial charge on any atom is 0.416 e. The van der Waals surface area contributed by atoms with Crippen molar-refractivity contribution in [3.63, 3.8) is 0 Å². The van der Waals surface area contributed by atoms with E-state index in [9.17, 15) is 22.8 Å². The number of hydrogen-bond donors (Lipinski definition) is 1. The Labute approximate surface area is 192 Å². The quantitative estimate of drug-likeness (QED) is 0.586. The van der Waals surface area contributed by atoms with Gasteiger partial charge in [0.2, 0.25) is 5.88 Å². The summed E-state index contributed by atoms with van der Waals surface area (Å²) in [4.78, 5) is 30.5. The summed E-state index contributed by atoms with van der Waals surface area (Å²) in [5, 5.41) is 0. The molecule has 0 spiro atoms. The van der Waals surface area contributed by atoms with Crippen LogP contribution in [0, 0.1) is 6.92 Å². The second-order valence-corrected chi connectivity index (χ2v) is 7.70. The van der Waals surface area contributed by atoms with Crippen molar-refractivity contribution in [1.82, 2.24) is 9.55 Å². The lowest BCUT2D eigenvalue weighted by Gasteiger charge is -2.29. The average molecular weight is 471 g/mol. The first-order valence-electron chi connectivity index (χ1n) is 10.2. The summed E-state index contributed by atoms with van der Waals surface area (Å²) in [5.41, 5.74) is 6.00. The molecule has 7 nitrogen and oxygen atoms in total. The molecule has 0 radical (unpaired) electrons. The number of rotatable bonds is 4. The van der Waals surface area contributed by atoms with Gasteiger partial charge in [-0.15, -0.1) is 0 Å². The van der Waals surface area contributed by atoms with Gasteiger partial charge in [0.1, 0.15) is 11.3 Å². The molecule has 34 heavy (non-hydrogen) atoms. The Bertz CT molecular complexity index is 1330. The molecule has 1 atom stereocenters. The van der Waals surface area contributed by atoms with Gasteiger partial charge in [-0.1, -0.05) is 18.2 Å². The minimum absolute atomic E-state index is 0.0656. The number of nitrogens with two attached hydrogens (primary N) is 1. The highest BCUT2D eigenvalue weighted by Gasteiger charge is 2.39. The Morgan fingerprint density at radius 3 is 2.50 bits per heavy atom. The van der Waals surface area contributed by atoms with E-state index in [1.165, 1.54) is 16.7 Å². The highest BCUT2D eigenvalue weighted by atomic mass is 19.4. The summed E-state index contributed by atoms with van der Waals surface area (Å²) in [5.74, 6) is -2.12. The number of benzene rings is 1. The van der Waals surface area contributed by atoms with Gasteiger partial charge in [0.25, 0.3) is 5.56 Å². The number of halogens is 3. The van der Waals surface area contributed by atoms with Gasteiger partial charge in [0.15, 0.2) is 0 Å². The third-order valence-corrected chi connectivity index (χ3v) is 5.59. The smallest absolute Gasteiger partial charge is 0.416 e. The van der Waals surface area contributed by atoms with Crippen LogP contribution in [0.25, 0.3) is 0 Å². The first-order valence-corrected chi connectivity index (χ1v) is 10.2. The van der Waals surface area contributed by atoms with Gasteiger partial charge in [-0.25, -0.2) is 4.79 Å². The van der Waals surface area contributed by atoms with Gasteiger partial charge >= 0.3 is 12.1 Å². The largest absolute Gasteiger partial charge is 0.465 e. The molecular weight excluding hydrogens is 451 g/mol. The minimum atomic E-state index is -4.54. The van der Waals surface area contributed by atoms with Gasteiger partial charge in [-0.05, 0) is 36.8 Å². The molecule has 4 rings (SSSR count). The van der Waals surface area contributed by atoms with Crippen LogP contribution in [0.1, 0.15) is 34.0 Å². The van der Waals surface area contributed by atoms with Crippen molar-refractivity contribution in [3.05, 3.63) is 105 Å². The summed E-state index contributed by atoms with van der Waals surface area (Å²) in [6.07, 6.45) is -2.94. The number of methoxy groups -OCH3 is 1. The molecule has 0 bridgehead atoms. The number of carbonyl (C=O) groups is 1. The van der Waals surface area contributed by atoms with Crippen molar-refractivity contribution < 1.29 is 27.4 Å². The first kappa shape index (κ1) is 23.1. The van der Waals surface area contributed by atoms with Gasteiger partial charge in [-0.3, -0.25) is 9.78 Å². The zero-order valence-electron chi connectivity index (χ0n) is 18.2. The lowest BCUT2D eigenvalue weighted by molar-refractivity contribution is -0.138. The second kappa shape index (κ2) is 8.69. The van der Waals surface area contributed by atoms with Crippen molar-refractivity contribution >= 4 is 5.97 Å². The number of aryl methyl sites for hydroxylation is 1. The lowest BCUT2D eigenvalue weighted by atomic mass is 9.83. The van der Waals surface area contributed by atoms with Crippen LogP contribution in [0.4, 0.5) is 13.2 Å². The van der Waals surface area contributed by atoms with E-state index in [2.05, 4.69) is 4.98 Å². The topological polar surface area (TPSA) is 96.4 Å². The number of nitrogens with zero attached hydrogens (tertiary/aromatic N) is 2. The number of fused-ring (bicyclic) bond motifs is 1. The first-order chi connectivity index (χ1) is 16.1. The van der Waals surface area contributed by atoms with Gasteiger partial charge in [-0.2, -0.15) is 13.2 Å². The molecular formula is C24H20F3N3O4. The molecule has 3 aromatic rings. The van der Waals surface area contributed by atoms with Crippen molar-refractivity contribution in [3.8, 4) is 5.75 Å². The number of ether oxygens (including phenoxy) is 2. The van der Waals surface area contributed by atoms with E-state index in [0.29, 0.717) is 11.4 Å². The Kier molecular flexibility index (Phi) is 5.90. The normalized spacial score (nSPS) is 15.5. The van der Waals surface area contributed by atoms with Crippen LogP contribution in [-0.4, -0.2) is 22.6 Å². The Morgan fingerprint density at radius 1 is 1.21 bits per heavy atom. The minimum Gasteiger partial charge on any atom is -0.465 e. The summed E-state index contributed by atoms with van der Waals surface area (Å²) in [7, 11) is 1.14. The standard InChI is InChI=1S/C24H20F3N3O4/c1-13-11-17-19(22(31)30(13)12-16-5-3-4-10-29-16)18(20(21(28)34-17)23(32)33-2)14-6-8-15(9-7-14)24(25,26)27/h3-11,18H,12,28H2,1-2H3. The predicted octanol–water partition coefficient (Wildman–Crippen LogP) is 3.49. The third kappa shape index (κ3) is 4.14. The summed E-state index contributed by atoms with van der Waals surface area (Å²) in [6, 6.07) is 11.1. The van der Waals surface area contributed by atoms with Crippen LogP contribution < -0.4 is 16.0 Å². The maximum absolute atomic E-state index is 13.7. The number of aromatic nitrogens is 2. The predicted molar refractivity (Wildman–Crippen MR) is 116 cm³/mol. The highest BCUT2D eigenvalue weighted by molar-refractivity contribution is 5.92. The lowest BCUT2D eigenvalue weighted by Crippen LogP contribution is -2.35. The molecule has 2 N–H and O–H groups in total. The number of carbonyl (C=O) groups excluding carboxylic acids is 1. The summed E-state index contributed by atoms with van der Waals surface area (Å²) < 4.78 is 51.2. The SMILES string of the molecule is COC(=O)C1=C(N)Oc2cc(C)n(Cc3ccccn3)c(=O)c2C1c1ccc(C(F)(F)F)cc1. The number of esters is 1. The molecule has 3 heterocycles. The number of hydrogen-bond acceptors (Lipinski definition) is 6. The summed E-state index contributed by atoms with van der Waals surface area (Å²) >= 11 is 0. The molecule has 1 aliphatic rings. The van der Waals surface area contributed by atoms with Gasteiger partial charge in [0.05, 0.1) is 36.4 Å². The van der Waals surface area contributed by atoms with E-state index >= 15 is 0 Å². The molecule has 1 unspecified atom stereocenters. The van der Waals surface area contributed by atoms with E-state index in [0.717, 1.165) is 19.2 Å². The molecule has 0 saturated heterocycles. The van der Waals surface area contributed by atoms with Crippen molar-refractivity contribution in [1.29, 1.82) is 0 Å². The van der Waals surface area contributed by atoms with Crippen LogP contribution in [0.15, 0.2) is 71.0 Å². The zero-order chi connectivity index (χ0) is 24.6. The van der Waals surface area contributed by atoms with E-state index in [1.54, 1.807) is 37.4 Å². The monoisotopic (exact) mass is 471 g/mol. The van der Waals surface area contributed by atoms with Crippen LogP contribution in [0.5, 0.6) is 5.75 Å². The fourth-order valence-electron chi connectivity index (χ4n) is 3.94. The van der Waals surface area contributed by atoms with Gasteiger partial charge in [0, 0.05) is 18.0 Å². The van der Waals surface area contributed by atoms with Crippen molar-refractivity contribution in [2.24, 2.45) is 5.73 Å². The molecule has 1 aromatic carbocycles. The third-order valence-electron chi connectivity index (χ3n) is 5.59. The molecule has 176 valence electrons. The molecule has 2 aromatic heterocycles. The molecule has 1 aliphatic heterocycles. The Morgan fingerprint density at radius 2 is 1.91 bits per heavy atom. The number of pyridine rings is 2. The van der Waals surface area contributed by atoms with Crippen LogP contribution in [0.3, 0.4) is 0 Å². The summed E-state index contributed by atoms with van der Waals surface area (Å²) in [6.45, 7) is 1.85. The Balaban J connectivity index is 1.92. The van der Waals surface area contributed by atoms with Crippen LogP contribution in [0.2, 0.25) is 0 Å². The molecule has 0 aliphatic carbocycles. The molecule has 0 amide bonds. The van der Waals surface area contributed by atoms with E-state index in [1.807, 2.05) is 0 Å². The van der Waals surface area contributed by atoms with E-state index < -0.39 is 29.2 Å². The highest BCUT2D eigenvalue weighted by Crippen LogP contribution is 2.42. The van der Waals surface area contributed by atoms with Crippen molar-refractivity contribution in [2.45, 2.75) is 25.6 Å². The molecule has 0 saturated carbocycles. The zero-order valence-corrected chi connectivity index (χ0v) is 18.2. The van der Waals surface area contributed by atoms with Crippen molar-refractivity contribution in [2.75, 3.05) is 7.11 Å². The molecule has 0 fully saturated rings. The van der Waals surface area contributed by atoms with E-state index in [-0.39, 0.29) is 34.9 Å². The maximum atomic E-state index is 13.7. The average Bonchev–Trinajstić information content (AvgIpc) is 2.80.